The number of hydrogen-bond acceptors (Lipinski definition) is 4. The van der Waals surface area contributed by atoms with Gasteiger partial charge in [-0.15, -0.1) is 0 Å². The van der Waals surface area contributed by atoms with Gasteiger partial charge in [-0.25, -0.2) is 4.99 Å². The highest BCUT2D eigenvalue weighted by Crippen LogP contribution is 2.19. The Hall–Kier alpha value is -0.850. The summed E-state index contributed by atoms with van der Waals surface area (Å²) in [5.74, 6) is 1.45. The molecule has 6 heteroatoms. The maximum Gasteiger partial charge on any atom is 0.186 e. The van der Waals surface area contributed by atoms with Crippen LogP contribution in [0.2, 0.25) is 0 Å². The summed E-state index contributed by atoms with van der Waals surface area (Å²) in [5, 5.41) is 0. The van der Waals surface area contributed by atoms with E-state index >= 15 is 0 Å². The highest BCUT2D eigenvalue weighted by molar-refractivity contribution is 9.14. The number of methoxy groups -OCH3 is 1. The average Bonchev–Trinajstić information content (AvgIpc) is 2.54. The lowest BCUT2D eigenvalue weighted by Gasteiger charge is -2.17. The highest BCUT2D eigenvalue weighted by Gasteiger charge is 2.09. The van der Waals surface area contributed by atoms with Crippen molar-refractivity contribution < 1.29 is 14.2 Å². The van der Waals surface area contributed by atoms with Crippen LogP contribution in [0.4, 0.5) is 0 Å². The number of hydrogen-bond donors (Lipinski definition) is 0. The molecular weight excluding hydrogens is 426 g/mol. The number of aliphatic imine (C=N–C) groups is 1. The Morgan fingerprint density at radius 2 is 1.83 bits per heavy atom. The molecule has 0 bridgehead atoms. The molecule has 0 aliphatic heterocycles. The summed E-state index contributed by atoms with van der Waals surface area (Å²) in [7, 11) is 1.66. The first-order chi connectivity index (χ1) is 11.0. The van der Waals surface area contributed by atoms with Crippen molar-refractivity contribution in [3.8, 4) is 5.75 Å². The second kappa shape index (κ2) is 10.8. The van der Waals surface area contributed by atoms with Crippen LogP contribution in [0.5, 0.6) is 5.75 Å². The summed E-state index contributed by atoms with van der Waals surface area (Å²) in [6.07, 6.45) is 0.831. The van der Waals surface area contributed by atoms with Crippen LogP contribution >= 0.6 is 31.9 Å². The van der Waals surface area contributed by atoms with Crippen LogP contribution in [0.25, 0.3) is 0 Å². The van der Waals surface area contributed by atoms with Gasteiger partial charge in [0.25, 0.3) is 0 Å². The normalized spacial score (nSPS) is 14.3. The second-order valence-electron chi connectivity index (χ2n) is 4.97. The van der Waals surface area contributed by atoms with E-state index in [0.717, 1.165) is 26.8 Å². The molecule has 1 unspecified atom stereocenters. The van der Waals surface area contributed by atoms with Gasteiger partial charge in [0, 0.05) is 11.4 Å². The lowest BCUT2D eigenvalue weighted by atomic mass is 10.2. The van der Waals surface area contributed by atoms with Crippen molar-refractivity contribution in [3.05, 3.63) is 38.9 Å². The first-order valence-corrected chi connectivity index (χ1v) is 8.99. The molecule has 0 radical (unpaired) electrons. The molecule has 0 heterocycles. The number of benzene rings is 1. The van der Waals surface area contributed by atoms with Gasteiger partial charge in [-0.2, -0.15) is 0 Å². The number of ether oxygens (including phenoxy) is 3. The van der Waals surface area contributed by atoms with E-state index in [0.29, 0.717) is 19.1 Å². The van der Waals surface area contributed by atoms with Gasteiger partial charge in [0.05, 0.1) is 20.3 Å². The smallest absolute Gasteiger partial charge is 0.186 e. The number of halogens is 2. The van der Waals surface area contributed by atoms with E-state index in [1.54, 1.807) is 7.11 Å². The van der Waals surface area contributed by atoms with Crippen molar-refractivity contribution in [1.82, 2.24) is 0 Å². The van der Waals surface area contributed by atoms with Gasteiger partial charge in [-0.3, -0.25) is 0 Å². The number of rotatable bonds is 8. The van der Waals surface area contributed by atoms with Crippen molar-refractivity contribution in [1.29, 1.82) is 0 Å². The Balaban J connectivity index is 2.45. The fourth-order valence-corrected chi connectivity index (χ4v) is 2.09. The van der Waals surface area contributed by atoms with Gasteiger partial charge in [0.1, 0.15) is 16.5 Å². The van der Waals surface area contributed by atoms with Crippen LogP contribution in [-0.4, -0.2) is 25.7 Å². The topological polar surface area (TPSA) is 40.0 Å². The first-order valence-electron chi connectivity index (χ1n) is 7.40. The Kier molecular flexibility index (Phi) is 9.52. The van der Waals surface area contributed by atoms with Crippen LogP contribution < -0.4 is 4.74 Å². The lowest BCUT2D eigenvalue weighted by molar-refractivity contribution is 0.0333. The maximum absolute atomic E-state index is 5.81. The summed E-state index contributed by atoms with van der Waals surface area (Å²) in [4.78, 5) is 4.32. The summed E-state index contributed by atoms with van der Waals surface area (Å²) < 4.78 is 18.3. The van der Waals surface area contributed by atoms with Crippen molar-refractivity contribution in [2.75, 3.05) is 13.7 Å². The zero-order chi connectivity index (χ0) is 17.2. The zero-order valence-corrected chi connectivity index (χ0v) is 17.1. The minimum Gasteiger partial charge on any atom is -0.497 e. The van der Waals surface area contributed by atoms with Crippen LogP contribution in [0.1, 0.15) is 32.8 Å². The molecule has 4 nitrogen and oxygen atoms in total. The molecule has 1 aromatic carbocycles. The third-order valence-electron chi connectivity index (χ3n) is 3.06. The molecule has 1 aromatic rings. The van der Waals surface area contributed by atoms with Gasteiger partial charge in [-0.1, -0.05) is 35.0 Å². The van der Waals surface area contributed by atoms with E-state index in [2.05, 4.69) is 43.8 Å². The van der Waals surface area contributed by atoms with Gasteiger partial charge in [-0.05, 0) is 47.0 Å². The molecule has 0 saturated carbocycles. The minimum atomic E-state index is -0.0204. The SMILES string of the molecule is CCC(COCc1ccc(OC)cc1)O/C(C)=N/C(Br)=C(\C)Br. The Morgan fingerprint density at radius 1 is 1.17 bits per heavy atom. The molecule has 0 aliphatic rings. The number of allylic oxidation sites excluding steroid dienone is 1. The quantitative estimate of drug-likeness (QED) is 0.303. The van der Waals surface area contributed by atoms with E-state index in [1.807, 2.05) is 38.1 Å². The lowest BCUT2D eigenvalue weighted by Crippen LogP contribution is -2.21. The maximum atomic E-state index is 5.81. The van der Waals surface area contributed by atoms with Crippen molar-refractivity contribution in [3.63, 3.8) is 0 Å². The molecule has 0 spiro atoms. The van der Waals surface area contributed by atoms with Crippen LogP contribution in [-0.2, 0) is 16.1 Å². The number of nitrogens with zero attached hydrogens (tertiary/aromatic N) is 1. The Morgan fingerprint density at radius 3 is 2.35 bits per heavy atom. The summed E-state index contributed by atoms with van der Waals surface area (Å²) in [5.41, 5.74) is 1.10. The van der Waals surface area contributed by atoms with Gasteiger partial charge in [0.15, 0.2) is 5.90 Å². The Labute approximate surface area is 155 Å². The van der Waals surface area contributed by atoms with Crippen molar-refractivity contribution in [2.24, 2.45) is 4.99 Å². The van der Waals surface area contributed by atoms with Crippen molar-refractivity contribution >= 4 is 37.8 Å². The summed E-state index contributed by atoms with van der Waals surface area (Å²) in [6.45, 7) is 6.88. The van der Waals surface area contributed by atoms with E-state index in [9.17, 15) is 0 Å². The fraction of sp³-hybridized carbons (Fsp3) is 0.471. The molecule has 128 valence electrons. The monoisotopic (exact) mass is 447 g/mol. The van der Waals surface area contributed by atoms with Crippen LogP contribution in [0, 0.1) is 0 Å². The van der Waals surface area contributed by atoms with Crippen LogP contribution in [0.15, 0.2) is 38.3 Å². The third-order valence-corrected chi connectivity index (χ3v) is 4.74. The molecule has 0 saturated heterocycles. The van der Waals surface area contributed by atoms with E-state index < -0.39 is 0 Å². The molecule has 0 amide bonds. The summed E-state index contributed by atoms with van der Waals surface area (Å²) >= 11 is 6.74. The molecule has 0 N–H and O–H groups in total. The molecule has 1 rings (SSSR count). The fourth-order valence-electron chi connectivity index (χ4n) is 1.75. The first kappa shape index (κ1) is 20.2. The molecular formula is C17H23Br2NO3. The van der Waals surface area contributed by atoms with E-state index in [1.165, 1.54) is 0 Å². The zero-order valence-electron chi connectivity index (χ0n) is 13.9. The molecule has 23 heavy (non-hydrogen) atoms. The van der Waals surface area contributed by atoms with E-state index in [-0.39, 0.29) is 6.10 Å². The predicted molar refractivity (Wildman–Crippen MR) is 101 cm³/mol. The molecule has 0 fully saturated rings. The van der Waals surface area contributed by atoms with Gasteiger partial charge >= 0.3 is 0 Å². The molecule has 0 aliphatic carbocycles. The van der Waals surface area contributed by atoms with E-state index in [4.69, 9.17) is 14.2 Å². The van der Waals surface area contributed by atoms with Crippen LogP contribution in [0.3, 0.4) is 0 Å². The second-order valence-corrected chi connectivity index (χ2v) is 6.91. The van der Waals surface area contributed by atoms with Gasteiger partial charge < -0.3 is 14.2 Å². The highest BCUT2D eigenvalue weighted by atomic mass is 79.9. The largest absolute Gasteiger partial charge is 0.497 e. The summed E-state index contributed by atoms with van der Waals surface area (Å²) in [6, 6.07) is 7.84. The standard InChI is InChI=1S/C17H23Br2NO3/c1-5-15(23-13(3)20-17(19)12(2)18)11-22-10-14-6-8-16(21-4)9-7-14/h6-9,15H,5,10-11H2,1-4H3/b17-12+,20-13+. The molecule has 0 aromatic heterocycles. The predicted octanol–water partition coefficient (Wildman–Crippen LogP) is 5.40. The van der Waals surface area contributed by atoms with Crippen molar-refractivity contribution in [2.45, 2.75) is 39.9 Å². The average molecular weight is 449 g/mol. The minimum absolute atomic E-state index is 0.0204. The Bertz CT molecular complexity index is 537. The van der Waals surface area contributed by atoms with Gasteiger partial charge in [0.2, 0.25) is 0 Å². The third kappa shape index (κ3) is 7.99. The molecule has 1 atom stereocenters.